The molecule has 0 aromatic rings. The van der Waals surface area contributed by atoms with Crippen molar-refractivity contribution in [3.8, 4) is 0 Å². The summed E-state index contributed by atoms with van der Waals surface area (Å²) in [4.78, 5) is 37.0. The smallest absolute Gasteiger partial charge is 0.233 e. The molecule has 1 fully saturated rings. The quantitative estimate of drug-likeness (QED) is 0.591. The van der Waals surface area contributed by atoms with Gasteiger partial charge in [-0.1, -0.05) is 19.1 Å². The second-order valence-electron chi connectivity index (χ2n) is 5.08. The molecule has 2 rings (SSSR count). The maximum atomic E-state index is 12.1. The van der Waals surface area contributed by atoms with Crippen LogP contribution in [0.1, 0.15) is 32.6 Å². The molecule has 0 aromatic heterocycles. The zero-order valence-electron chi connectivity index (χ0n) is 11.2. The van der Waals surface area contributed by atoms with Crippen LogP contribution in [0.15, 0.2) is 12.2 Å². The van der Waals surface area contributed by atoms with Crippen LogP contribution in [0.4, 0.5) is 0 Å². The Kier molecular flexibility index (Phi) is 4.35. The van der Waals surface area contributed by atoms with Gasteiger partial charge in [0.15, 0.2) is 0 Å². The highest BCUT2D eigenvalue weighted by molar-refractivity contribution is 6.05. The molecule has 1 saturated heterocycles. The minimum absolute atomic E-state index is 0.101. The fourth-order valence-corrected chi connectivity index (χ4v) is 2.66. The van der Waals surface area contributed by atoms with Crippen LogP contribution in [0.2, 0.25) is 0 Å². The highest BCUT2D eigenvalue weighted by Gasteiger charge is 2.46. The number of fused-ring (bicyclic) bond motifs is 1. The van der Waals surface area contributed by atoms with Gasteiger partial charge in [0, 0.05) is 19.5 Å². The van der Waals surface area contributed by atoms with E-state index in [2.05, 4.69) is 5.32 Å². The Morgan fingerprint density at radius 3 is 2.37 bits per heavy atom. The zero-order valence-corrected chi connectivity index (χ0v) is 11.2. The summed E-state index contributed by atoms with van der Waals surface area (Å²) >= 11 is 0. The van der Waals surface area contributed by atoms with Crippen molar-refractivity contribution >= 4 is 17.7 Å². The van der Waals surface area contributed by atoms with E-state index in [1.165, 1.54) is 4.90 Å². The molecule has 1 N–H and O–H groups in total. The van der Waals surface area contributed by atoms with Gasteiger partial charge in [-0.15, -0.1) is 0 Å². The summed E-state index contributed by atoms with van der Waals surface area (Å²) in [5.41, 5.74) is 0. The van der Waals surface area contributed by atoms with Crippen LogP contribution in [0.3, 0.4) is 0 Å². The highest BCUT2D eigenvalue weighted by atomic mass is 16.2. The van der Waals surface area contributed by atoms with Crippen molar-refractivity contribution in [2.24, 2.45) is 11.8 Å². The number of nitrogens with zero attached hydrogens (tertiary/aromatic N) is 1. The molecule has 0 saturated carbocycles. The topological polar surface area (TPSA) is 66.5 Å². The van der Waals surface area contributed by atoms with Crippen molar-refractivity contribution in [3.05, 3.63) is 12.2 Å². The van der Waals surface area contributed by atoms with Crippen LogP contribution in [-0.4, -0.2) is 35.7 Å². The van der Waals surface area contributed by atoms with Gasteiger partial charge in [-0.3, -0.25) is 19.3 Å². The fraction of sp³-hybridized carbons (Fsp3) is 0.643. The summed E-state index contributed by atoms with van der Waals surface area (Å²) in [5, 5.41) is 2.75. The molecule has 0 radical (unpaired) electrons. The molecule has 0 spiro atoms. The van der Waals surface area contributed by atoms with E-state index in [0.717, 1.165) is 6.42 Å². The van der Waals surface area contributed by atoms with Gasteiger partial charge in [-0.05, 0) is 19.3 Å². The zero-order chi connectivity index (χ0) is 13.8. The first-order valence-electron chi connectivity index (χ1n) is 6.92. The summed E-state index contributed by atoms with van der Waals surface area (Å²) in [6.45, 7) is 2.82. The molecule has 5 heteroatoms. The predicted molar refractivity (Wildman–Crippen MR) is 70.0 cm³/mol. The second-order valence-corrected chi connectivity index (χ2v) is 5.08. The Morgan fingerprint density at radius 2 is 1.84 bits per heavy atom. The normalized spacial score (nSPS) is 25.6. The van der Waals surface area contributed by atoms with Crippen LogP contribution >= 0.6 is 0 Å². The van der Waals surface area contributed by atoms with Gasteiger partial charge in [0.25, 0.3) is 0 Å². The average molecular weight is 264 g/mol. The number of hydrogen-bond acceptors (Lipinski definition) is 3. The molecular formula is C14H20N2O3. The third-order valence-corrected chi connectivity index (χ3v) is 3.73. The second kappa shape index (κ2) is 5.99. The van der Waals surface area contributed by atoms with Crippen molar-refractivity contribution in [1.29, 1.82) is 0 Å². The molecule has 5 nitrogen and oxygen atoms in total. The first-order chi connectivity index (χ1) is 9.15. The maximum absolute atomic E-state index is 12.1. The number of allylic oxidation sites excluding steroid dienone is 2. The van der Waals surface area contributed by atoms with Gasteiger partial charge in [0.05, 0.1) is 11.8 Å². The van der Waals surface area contributed by atoms with E-state index >= 15 is 0 Å². The molecule has 3 amide bonds. The Hall–Kier alpha value is -1.65. The molecule has 19 heavy (non-hydrogen) atoms. The van der Waals surface area contributed by atoms with Gasteiger partial charge in [-0.2, -0.15) is 0 Å². The first kappa shape index (κ1) is 13.8. The van der Waals surface area contributed by atoms with E-state index < -0.39 is 0 Å². The molecule has 0 bridgehead atoms. The summed E-state index contributed by atoms with van der Waals surface area (Å²) in [5.74, 6) is -0.715. The Bertz CT molecular complexity index is 391. The van der Waals surface area contributed by atoms with Gasteiger partial charge in [0.2, 0.25) is 17.7 Å². The molecule has 1 heterocycles. The number of amides is 3. The minimum Gasteiger partial charge on any atom is -0.356 e. The molecule has 1 aliphatic carbocycles. The molecule has 0 aromatic carbocycles. The van der Waals surface area contributed by atoms with E-state index in [0.29, 0.717) is 19.4 Å². The largest absolute Gasteiger partial charge is 0.356 e. The van der Waals surface area contributed by atoms with E-state index in [4.69, 9.17) is 0 Å². The molecule has 0 unspecified atom stereocenters. The number of rotatable bonds is 5. The lowest BCUT2D eigenvalue weighted by atomic mass is 9.85. The lowest BCUT2D eigenvalue weighted by Crippen LogP contribution is -2.35. The number of hydrogen-bond donors (Lipinski definition) is 1. The summed E-state index contributed by atoms with van der Waals surface area (Å²) in [7, 11) is 0. The lowest BCUT2D eigenvalue weighted by Gasteiger charge is -2.14. The third kappa shape index (κ3) is 2.85. The molecule has 2 atom stereocenters. The van der Waals surface area contributed by atoms with Crippen LogP contribution in [0, 0.1) is 11.8 Å². The lowest BCUT2D eigenvalue weighted by molar-refractivity contribution is -0.140. The maximum Gasteiger partial charge on any atom is 0.233 e. The Balaban J connectivity index is 1.89. The van der Waals surface area contributed by atoms with E-state index in [9.17, 15) is 14.4 Å². The monoisotopic (exact) mass is 264 g/mol. The number of carbonyl (C=O) groups excluding carboxylic acids is 3. The van der Waals surface area contributed by atoms with E-state index in [1.54, 1.807) is 0 Å². The number of nitrogens with one attached hydrogen (secondary N) is 1. The van der Waals surface area contributed by atoms with Crippen molar-refractivity contribution in [2.75, 3.05) is 13.1 Å². The molecule has 104 valence electrons. The standard InChI is InChI=1S/C14H20N2O3/c1-2-8-15-12(17)7-9-16-13(18)10-5-3-4-6-11(10)14(16)19/h3-4,10-11H,2,5-9H2,1H3,(H,15,17)/t10-,11-/m1/s1. The van der Waals surface area contributed by atoms with Gasteiger partial charge >= 0.3 is 0 Å². The van der Waals surface area contributed by atoms with Crippen molar-refractivity contribution in [1.82, 2.24) is 10.2 Å². The van der Waals surface area contributed by atoms with Crippen molar-refractivity contribution in [3.63, 3.8) is 0 Å². The highest BCUT2D eigenvalue weighted by Crippen LogP contribution is 2.34. The number of likely N-dealkylation sites (tertiary alicyclic amines) is 1. The molecular weight excluding hydrogens is 244 g/mol. The van der Waals surface area contributed by atoms with Gasteiger partial charge in [-0.25, -0.2) is 0 Å². The van der Waals surface area contributed by atoms with Crippen LogP contribution in [0.5, 0.6) is 0 Å². The SMILES string of the molecule is CCCNC(=O)CCN1C(=O)[C@@H]2CC=CC[C@H]2C1=O. The summed E-state index contributed by atoms with van der Waals surface area (Å²) in [6, 6.07) is 0. The van der Waals surface area contributed by atoms with E-state index in [1.807, 2.05) is 19.1 Å². The average Bonchev–Trinajstić information content (AvgIpc) is 2.67. The van der Waals surface area contributed by atoms with Crippen LogP contribution < -0.4 is 5.32 Å². The van der Waals surface area contributed by atoms with Crippen LogP contribution in [-0.2, 0) is 14.4 Å². The fourth-order valence-electron chi connectivity index (χ4n) is 2.66. The van der Waals surface area contributed by atoms with Crippen molar-refractivity contribution < 1.29 is 14.4 Å². The third-order valence-electron chi connectivity index (χ3n) is 3.73. The van der Waals surface area contributed by atoms with E-state index in [-0.39, 0.29) is 42.5 Å². The predicted octanol–water partition coefficient (Wildman–Crippen LogP) is 0.854. The molecule has 1 aliphatic heterocycles. The van der Waals surface area contributed by atoms with Gasteiger partial charge < -0.3 is 5.32 Å². The summed E-state index contributed by atoms with van der Waals surface area (Å²) < 4.78 is 0. The Labute approximate surface area is 113 Å². The number of carbonyl (C=O) groups is 3. The Morgan fingerprint density at radius 1 is 1.26 bits per heavy atom. The number of imide groups is 1. The van der Waals surface area contributed by atoms with Gasteiger partial charge in [0.1, 0.15) is 0 Å². The minimum atomic E-state index is -0.198. The summed E-state index contributed by atoms with van der Waals surface area (Å²) in [6.07, 6.45) is 6.29. The first-order valence-corrected chi connectivity index (χ1v) is 6.92. The van der Waals surface area contributed by atoms with Crippen molar-refractivity contribution in [2.45, 2.75) is 32.6 Å². The molecule has 2 aliphatic rings. The van der Waals surface area contributed by atoms with Crippen LogP contribution in [0.25, 0.3) is 0 Å².